The molecule has 0 aromatic carbocycles. The van der Waals surface area contributed by atoms with Crippen molar-refractivity contribution in [2.75, 3.05) is 5.73 Å². The van der Waals surface area contributed by atoms with Crippen molar-refractivity contribution in [3.05, 3.63) is 54.6 Å². The number of anilines is 1. The van der Waals surface area contributed by atoms with Crippen LogP contribution in [0.1, 0.15) is 5.69 Å². The summed E-state index contributed by atoms with van der Waals surface area (Å²) in [6.07, 6.45) is 6.34. The summed E-state index contributed by atoms with van der Waals surface area (Å²) < 4.78 is 0. The topological polar surface area (TPSA) is 90.2 Å². The lowest BCUT2D eigenvalue weighted by Crippen LogP contribution is -1.93. The van der Waals surface area contributed by atoms with Gasteiger partial charge in [0.1, 0.15) is 0 Å². The molecule has 0 saturated carbocycles. The zero-order valence-electron chi connectivity index (χ0n) is 9.69. The van der Waals surface area contributed by atoms with Gasteiger partial charge in [0.05, 0.1) is 17.6 Å². The molecule has 2 aromatic heterocycles. The van der Waals surface area contributed by atoms with Crippen LogP contribution >= 0.6 is 0 Å². The van der Waals surface area contributed by atoms with Crippen LogP contribution in [0.5, 0.6) is 0 Å². The normalized spacial score (nSPS) is 11.9. The van der Waals surface area contributed by atoms with E-state index in [0.29, 0.717) is 11.5 Å². The molecule has 0 bridgehead atoms. The second-order valence-corrected chi connectivity index (χ2v) is 3.54. The molecule has 90 valence electrons. The molecule has 18 heavy (non-hydrogen) atoms. The second kappa shape index (κ2) is 5.58. The third-order valence-electron chi connectivity index (χ3n) is 2.25. The summed E-state index contributed by atoms with van der Waals surface area (Å²) in [4.78, 5) is 12.5. The Morgan fingerprint density at radius 2 is 2.06 bits per heavy atom. The first-order chi connectivity index (χ1) is 8.79. The van der Waals surface area contributed by atoms with Gasteiger partial charge >= 0.3 is 0 Å². The first-order valence-electron chi connectivity index (χ1n) is 5.38. The lowest BCUT2D eigenvalue weighted by Gasteiger charge is -1.99. The van der Waals surface area contributed by atoms with E-state index >= 15 is 0 Å². The minimum absolute atomic E-state index is 0.569. The number of nitrogens with two attached hydrogens (primary N) is 2. The van der Waals surface area contributed by atoms with Crippen LogP contribution in [-0.4, -0.2) is 16.2 Å². The van der Waals surface area contributed by atoms with Crippen molar-refractivity contribution in [1.82, 2.24) is 9.97 Å². The number of hydrogen-bond acceptors (Lipinski definition) is 5. The first-order valence-corrected chi connectivity index (χ1v) is 5.38. The van der Waals surface area contributed by atoms with Gasteiger partial charge in [-0.2, -0.15) is 0 Å². The summed E-state index contributed by atoms with van der Waals surface area (Å²) in [7, 11) is 0. The maximum absolute atomic E-state index is 5.56. The predicted octanol–water partition coefficient (Wildman–Crippen LogP) is 1.76. The standard InChI is InChI=1S/C13H13N5/c14-7-10(12-3-1-2-6-16-12)8-17-13-5-4-11(15)9-18-13/h1-9H,14-15H2. The molecule has 2 rings (SSSR count). The maximum Gasteiger partial charge on any atom is 0.151 e. The highest BCUT2D eigenvalue weighted by molar-refractivity contribution is 6.09. The Hall–Kier alpha value is -2.69. The number of pyridine rings is 2. The molecule has 0 unspecified atom stereocenters. The van der Waals surface area contributed by atoms with Gasteiger partial charge in [0, 0.05) is 24.2 Å². The summed E-state index contributed by atoms with van der Waals surface area (Å²) in [5, 5.41) is 0. The van der Waals surface area contributed by atoms with Crippen LogP contribution in [-0.2, 0) is 0 Å². The maximum atomic E-state index is 5.56. The molecule has 0 aliphatic rings. The number of rotatable bonds is 3. The number of nitrogens with zero attached hydrogens (tertiary/aromatic N) is 3. The summed E-state index contributed by atoms with van der Waals surface area (Å²) in [6, 6.07) is 9.07. The SMILES string of the molecule is NC=C(C=Nc1ccc(N)cn1)c1ccccn1. The Bertz CT molecular complexity index is 558. The van der Waals surface area contributed by atoms with E-state index in [1.54, 1.807) is 30.7 Å². The Balaban J connectivity index is 2.19. The molecule has 0 radical (unpaired) electrons. The van der Waals surface area contributed by atoms with Crippen molar-refractivity contribution in [1.29, 1.82) is 0 Å². The number of aromatic nitrogens is 2. The zero-order chi connectivity index (χ0) is 12.8. The fraction of sp³-hybridized carbons (Fsp3) is 0. The number of allylic oxidation sites excluding steroid dienone is 1. The fourth-order valence-electron chi connectivity index (χ4n) is 1.34. The average Bonchev–Trinajstić information content (AvgIpc) is 2.43. The molecule has 5 heteroatoms. The van der Waals surface area contributed by atoms with E-state index in [0.717, 1.165) is 11.3 Å². The van der Waals surface area contributed by atoms with E-state index in [1.165, 1.54) is 6.20 Å². The quantitative estimate of drug-likeness (QED) is 0.798. The molecule has 0 aliphatic carbocycles. The molecule has 0 aliphatic heterocycles. The molecule has 0 amide bonds. The van der Waals surface area contributed by atoms with Crippen LogP contribution in [0, 0.1) is 0 Å². The van der Waals surface area contributed by atoms with Crippen molar-refractivity contribution in [2.24, 2.45) is 10.7 Å². The predicted molar refractivity (Wildman–Crippen MR) is 73.2 cm³/mol. The van der Waals surface area contributed by atoms with Gasteiger partial charge in [0.15, 0.2) is 5.82 Å². The number of hydrogen-bond donors (Lipinski definition) is 2. The molecular formula is C13H13N5. The van der Waals surface area contributed by atoms with Crippen molar-refractivity contribution in [3.8, 4) is 0 Å². The number of nitrogen functional groups attached to an aromatic ring is 1. The molecule has 5 nitrogen and oxygen atoms in total. The zero-order valence-corrected chi connectivity index (χ0v) is 9.69. The van der Waals surface area contributed by atoms with Gasteiger partial charge in [-0.05, 0) is 24.3 Å². The monoisotopic (exact) mass is 239 g/mol. The van der Waals surface area contributed by atoms with Crippen LogP contribution < -0.4 is 11.5 Å². The van der Waals surface area contributed by atoms with Gasteiger partial charge in [-0.3, -0.25) is 4.98 Å². The highest BCUT2D eigenvalue weighted by Gasteiger charge is 1.98. The van der Waals surface area contributed by atoms with Gasteiger partial charge in [0.2, 0.25) is 0 Å². The van der Waals surface area contributed by atoms with Crippen LogP contribution in [0.3, 0.4) is 0 Å². The third kappa shape index (κ3) is 2.91. The average molecular weight is 239 g/mol. The second-order valence-electron chi connectivity index (χ2n) is 3.54. The molecule has 2 heterocycles. The fourth-order valence-corrected chi connectivity index (χ4v) is 1.34. The Morgan fingerprint density at radius 1 is 1.17 bits per heavy atom. The lowest BCUT2D eigenvalue weighted by atomic mass is 10.2. The van der Waals surface area contributed by atoms with Crippen LogP contribution in [0.2, 0.25) is 0 Å². The summed E-state index contributed by atoms with van der Waals surface area (Å²) in [6.45, 7) is 0. The highest BCUT2D eigenvalue weighted by atomic mass is 14.9. The molecular weight excluding hydrogens is 226 g/mol. The minimum Gasteiger partial charge on any atom is -0.404 e. The molecule has 4 N–H and O–H groups in total. The summed E-state index contributed by atoms with van der Waals surface area (Å²) in [5.74, 6) is 0.569. The van der Waals surface area contributed by atoms with E-state index < -0.39 is 0 Å². The van der Waals surface area contributed by atoms with E-state index in [4.69, 9.17) is 11.5 Å². The lowest BCUT2D eigenvalue weighted by molar-refractivity contribution is 1.27. The molecule has 0 saturated heterocycles. The first kappa shape index (κ1) is 11.8. The third-order valence-corrected chi connectivity index (χ3v) is 2.25. The van der Waals surface area contributed by atoms with Crippen molar-refractivity contribution in [3.63, 3.8) is 0 Å². The van der Waals surface area contributed by atoms with E-state index in [2.05, 4.69) is 15.0 Å². The highest BCUT2D eigenvalue weighted by Crippen LogP contribution is 2.12. The van der Waals surface area contributed by atoms with Crippen molar-refractivity contribution >= 4 is 23.3 Å². The summed E-state index contributed by atoms with van der Waals surface area (Å²) in [5.41, 5.74) is 13.2. The van der Waals surface area contributed by atoms with E-state index in [1.807, 2.05) is 18.2 Å². The van der Waals surface area contributed by atoms with Gasteiger partial charge in [-0.15, -0.1) is 0 Å². The van der Waals surface area contributed by atoms with Crippen molar-refractivity contribution < 1.29 is 0 Å². The largest absolute Gasteiger partial charge is 0.404 e. The smallest absolute Gasteiger partial charge is 0.151 e. The van der Waals surface area contributed by atoms with Crippen LogP contribution in [0.4, 0.5) is 11.5 Å². The van der Waals surface area contributed by atoms with E-state index in [9.17, 15) is 0 Å². The molecule has 0 atom stereocenters. The number of aliphatic imine (C=N–C) groups is 1. The molecule has 2 aromatic rings. The Kier molecular flexibility index (Phi) is 3.66. The summed E-state index contributed by atoms with van der Waals surface area (Å²) >= 11 is 0. The van der Waals surface area contributed by atoms with Crippen molar-refractivity contribution in [2.45, 2.75) is 0 Å². The van der Waals surface area contributed by atoms with Gasteiger partial charge in [-0.1, -0.05) is 6.07 Å². The van der Waals surface area contributed by atoms with E-state index in [-0.39, 0.29) is 0 Å². The van der Waals surface area contributed by atoms with Gasteiger partial charge in [0.25, 0.3) is 0 Å². The van der Waals surface area contributed by atoms with Gasteiger partial charge < -0.3 is 11.5 Å². The van der Waals surface area contributed by atoms with Gasteiger partial charge in [-0.25, -0.2) is 9.98 Å². The molecule has 0 spiro atoms. The Labute approximate surface area is 105 Å². The Morgan fingerprint density at radius 3 is 2.67 bits per heavy atom. The van der Waals surface area contributed by atoms with Crippen LogP contribution in [0.15, 0.2) is 53.9 Å². The van der Waals surface area contributed by atoms with Crippen LogP contribution in [0.25, 0.3) is 5.57 Å². The molecule has 0 fully saturated rings. The minimum atomic E-state index is 0.569.